The van der Waals surface area contributed by atoms with Crippen molar-refractivity contribution in [2.45, 2.75) is 58.9 Å². The lowest BCUT2D eigenvalue weighted by Crippen LogP contribution is -2.25. The predicted molar refractivity (Wildman–Crippen MR) is 118 cm³/mol. The van der Waals surface area contributed by atoms with E-state index in [0.29, 0.717) is 10.5 Å². The third kappa shape index (κ3) is 8.55. The number of benzene rings is 1. The number of hydrogen-bond acceptors (Lipinski definition) is 5. The summed E-state index contributed by atoms with van der Waals surface area (Å²) in [6, 6.07) is 5.64. The fraction of sp³-hybridized carbons (Fsp3) is 0.500. The molecular weight excluding hydrogens is 408 g/mol. The first-order valence-corrected chi connectivity index (χ1v) is 10.6. The number of phenolic OH excluding ortho intramolecular Hbond substituents is 1. The maximum Gasteiger partial charge on any atom is 0.414 e. The number of halogens is 1. The van der Waals surface area contributed by atoms with Crippen LogP contribution in [-0.2, 0) is 16.1 Å². The first-order chi connectivity index (χ1) is 14.3. The number of aromatic nitrogens is 1. The first kappa shape index (κ1) is 25.7. The Balaban J connectivity index is 0.000000656. The number of carboxylic acid groups (broad SMARTS) is 2. The van der Waals surface area contributed by atoms with Crippen LogP contribution in [0.2, 0.25) is 5.02 Å². The molecule has 0 unspecified atom stereocenters. The van der Waals surface area contributed by atoms with Crippen molar-refractivity contribution in [3.8, 4) is 5.75 Å². The van der Waals surface area contributed by atoms with E-state index in [0.717, 1.165) is 30.6 Å². The van der Waals surface area contributed by atoms with E-state index in [2.05, 4.69) is 23.7 Å². The summed E-state index contributed by atoms with van der Waals surface area (Å²) < 4.78 is 0. The molecule has 3 N–H and O–H groups in total. The van der Waals surface area contributed by atoms with Gasteiger partial charge >= 0.3 is 11.9 Å². The molecule has 0 bridgehead atoms. The molecule has 0 amide bonds. The Morgan fingerprint density at radius 1 is 1.03 bits per heavy atom. The van der Waals surface area contributed by atoms with Gasteiger partial charge in [-0.2, -0.15) is 0 Å². The van der Waals surface area contributed by atoms with Gasteiger partial charge in [0.05, 0.1) is 5.02 Å². The van der Waals surface area contributed by atoms with Crippen LogP contribution in [0.1, 0.15) is 57.9 Å². The van der Waals surface area contributed by atoms with E-state index in [-0.39, 0.29) is 5.75 Å². The molecule has 7 nitrogen and oxygen atoms in total. The summed E-state index contributed by atoms with van der Waals surface area (Å²) in [6.07, 6.45) is 9.03. The van der Waals surface area contributed by atoms with Gasteiger partial charge in [-0.1, -0.05) is 51.1 Å². The Labute approximate surface area is 182 Å². The molecule has 1 heterocycles. The highest BCUT2D eigenvalue weighted by Crippen LogP contribution is 2.33. The van der Waals surface area contributed by atoms with Gasteiger partial charge in [-0.25, -0.2) is 9.59 Å². The average Bonchev–Trinajstić information content (AvgIpc) is 2.72. The highest BCUT2D eigenvalue weighted by molar-refractivity contribution is 6.35. The van der Waals surface area contributed by atoms with Crippen molar-refractivity contribution in [1.82, 2.24) is 9.88 Å². The Morgan fingerprint density at radius 2 is 1.60 bits per heavy atom. The zero-order chi connectivity index (χ0) is 22.5. The van der Waals surface area contributed by atoms with Crippen LogP contribution in [0.3, 0.4) is 0 Å². The summed E-state index contributed by atoms with van der Waals surface area (Å²) in [5.41, 5.74) is 1.47. The smallest absolute Gasteiger partial charge is 0.414 e. The van der Waals surface area contributed by atoms with E-state index in [1.807, 2.05) is 18.2 Å². The maximum atomic E-state index is 10.6. The van der Waals surface area contributed by atoms with Crippen LogP contribution in [0, 0.1) is 0 Å². The van der Waals surface area contributed by atoms with Crippen LogP contribution in [0.5, 0.6) is 5.75 Å². The number of rotatable bonds is 10. The third-order valence-electron chi connectivity index (χ3n) is 4.63. The number of carbonyl (C=O) groups is 2. The van der Waals surface area contributed by atoms with Crippen LogP contribution in [-0.4, -0.2) is 50.2 Å². The lowest BCUT2D eigenvalue weighted by molar-refractivity contribution is -0.159. The standard InChI is InChI=1S/C20H29ClN2O.C2H2O4/c1-3-5-7-12-23(13-8-6-4-2)15-16-14-18(21)17-10-9-11-22-19(17)20(16)24;3-1(4)2(5)6/h9-11,14,24H,3-8,12-13,15H2,1-2H3;(H,3,4)(H,5,6). The molecule has 0 fully saturated rings. The second-order valence-corrected chi connectivity index (χ2v) is 7.47. The molecule has 0 aliphatic rings. The lowest BCUT2D eigenvalue weighted by Gasteiger charge is -2.23. The number of aromatic hydroxyl groups is 1. The summed E-state index contributed by atoms with van der Waals surface area (Å²) in [5.74, 6) is -3.38. The van der Waals surface area contributed by atoms with Crippen molar-refractivity contribution in [2.24, 2.45) is 0 Å². The van der Waals surface area contributed by atoms with Gasteiger partial charge in [0.2, 0.25) is 0 Å². The van der Waals surface area contributed by atoms with Crippen LogP contribution < -0.4 is 0 Å². The summed E-state index contributed by atoms with van der Waals surface area (Å²) in [7, 11) is 0. The maximum absolute atomic E-state index is 10.6. The minimum atomic E-state index is -1.82. The average molecular weight is 439 g/mol. The van der Waals surface area contributed by atoms with E-state index in [9.17, 15) is 5.11 Å². The quantitative estimate of drug-likeness (QED) is 0.356. The van der Waals surface area contributed by atoms with Crippen molar-refractivity contribution in [2.75, 3.05) is 13.1 Å². The normalized spacial score (nSPS) is 10.7. The zero-order valence-corrected chi connectivity index (χ0v) is 18.4. The molecule has 1 aromatic heterocycles. The van der Waals surface area contributed by atoms with E-state index >= 15 is 0 Å². The van der Waals surface area contributed by atoms with E-state index in [4.69, 9.17) is 31.4 Å². The van der Waals surface area contributed by atoms with Crippen molar-refractivity contribution in [3.63, 3.8) is 0 Å². The molecule has 2 rings (SSSR count). The van der Waals surface area contributed by atoms with Gasteiger partial charge in [0.1, 0.15) is 11.3 Å². The number of pyridine rings is 1. The van der Waals surface area contributed by atoms with Gasteiger partial charge in [0.25, 0.3) is 0 Å². The topological polar surface area (TPSA) is 111 Å². The van der Waals surface area contributed by atoms with Crippen LogP contribution in [0.15, 0.2) is 24.4 Å². The van der Waals surface area contributed by atoms with Crippen LogP contribution >= 0.6 is 11.6 Å². The minimum absolute atomic E-state index is 0.269. The van der Waals surface area contributed by atoms with Gasteiger partial charge in [-0.3, -0.25) is 9.88 Å². The SMILES string of the molecule is CCCCCN(CCCCC)Cc1cc(Cl)c2cccnc2c1O.O=C(O)C(=O)O. The van der Waals surface area contributed by atoms with E-state index < -0.39 is 11.9 Å². The van der Waals surface area contributed by atoms with Crippen molar-refractivity contribution < 1.29 is 24.9 Å². The van der Waals surface area contributed by atoms with Gasteiger partial charge in [-0.05, 0) is 44.1 Å². The number of hydrogen-bond donors (Lipinski definition) is 3. The number of carboxylic acids is 2. The number of aliphatic carboxylic acids is 2. The van der Waals surface area contributed by atoms with Gasteiger partial charge in [0, 0.05) is 23.7 Å². The zero-order valence-electron chi connectivity index (χ0n) is 17.6. The van der Waals surface area contributed by atoms with E-state index in [1.54, 1.807) is 6.20 Å². The minimum Gasteiger partial charge on any atom is -0.505 e. The first-order valence-electron chi connectivity index (χ1n) is 10.2. The fourth-order valence-electron chi connectivity index (χ4n) is 3.04. The highest BCUT2D eigenvalue weighted by atomic mass is 35.5. The number of fused-ring (bicyclic) bond motifs is 1. The van der Waals surface area contributed by atoms with Crippen LogP contribution in [0.4, 0.5) is 0 Å². The Bertz CT molecular complexity index is 807. The van der Waals surface area contributed by atoms with Gasteiger partial charge in [0.15, 0.2) is 0 Å². The van der Waals surface area contributed by atoms with Crippen molar-refractivity contribution in [1.29, 1.82) is 0 Å². The molecule has 8 heteroatoms. The van der Waals surface area contributed by atoms with Crippen molar-refractivity contribution in [3.05, 3.63) is 35.0 Å². The predicted octanol–water partition coefficient (Wildman–Crippen LogP) is 4.93. The van der Waals surface area contributed by atoms with Crippen molar-refractivity contribution >= 4 is 34.4 Å². The molecule has 30 heavy (non-hydrogen) atoms. The Morgan fingerprint density at radius 3 is 2.10 bits per heavy atom. The number of phenols is 1. The lowest BCUT2D eigenvalue weighted by atomic mass is 10.1. The molecule has 0 aliphatic carbocycles. The van der Waals surface area contributed by atoms with Gasteiger partial charge in [-0.15, -0.1) is 0 Å². The number of nitrogens with zero attached hydrogens (tertiary/aromatic N) is 2. The molecule has 0 aliphatic heterocycles. The summed E-state index contributed by atoms with van der Waals surface area (Å²) in [4.78, 5) is 24.9. The highest BCUT2D eigenvalue weighted by Gasteiger charge is 2.14. The molecule has 2 aromatic rings. The molecule has 0 saturated carbocycles. The van der Waals surface area contributed by atoms with Crippen LogP contribution in [0.25, 0.3) is 10.9 Å². The molecular formula is C22H31ClN2O5. The van der Waals surface area contributed by atoms with Gasteiger partial charge < -0.3 is 15.3 Å². The molecule has 0 saturated heterocycles. The summed E-state index contributed by atoms with van der Waals surface area (Å²) in [6.45, 7) is 7.30. The number of unbranched alkanes of at least 4 members (excludes halogenated alkanes) is 4. The third-order valence-corrected chi connectivity index (χ3v) is 4.94. The molecule has 0 radical (unpaired) electrons. The summed E-state index contributed by atoms with van der Waals surface area (Å²) in [5, 5.41) is 26.9. The second kappa shape index (κ2) is 13.8. The molecule has 166 valence electrons. The molecule has 1 aromatic carbocycles. The molecule has 0 atom stereocenters. The summed E-state index contributed by atoms with van der Waals surface area (Å²) >= 11 is 6.40. The largest absolute Gasteiger partial charge is 0.505 e. The molecule has 0 spiro atoms. The monoisotopic (exact) mass is 438 g/mol. The van der Waals surface area contributed by atoms with E-state index in [1.165, 1.54) is 38.5 Å². The Hall–Kier alpha value is -2.38. The fourth-order valence-corrected chi connectivity index (χ4v) is 3.32. The second-order valence-electron chi connectivity index (χ2n) is 7.07. The Kier molecular flexibility index (Phi) is 11.8.